The summed E-state index contributed by atoms with van der Waals surface area (Å²) in [5.74, 6) is 1.11. The molecule has 19 heavy (non-hydrogen) atoms. The second-order valence-corrected chi connectivity index (χ2v) is 6.67. The average molecular weight is 260 g/mol. The highest BCUT2D eigenvalue weighted by Crippen LogP contribution is 2.55. The molecule has 4 unspecified atom stereocenters. The van der Waals surface area contributed by atoms with Gasteiger partial charge >= 0.3 is 0 Å². The van der Waals surface area contributed by atoms with Crippen LogP contribution in [0.5, 0.6) is 0 Å². The molecule has 1 aromatic heterocycles. The van der Waals surface area contributed by atoms with Crippen molar-refractivity contribution in [2.45, 2.75) is 37.5 Å². The number of fused-ring (bicyclic) bond motifs is 2. The van der Waals surface area contributed by atoms with E-state index in [1.54, 1.807) is 10.6 Å². The van der Waals surface area contributed by atoms with E-state index in [0.717, 1.165) is 18.7 Å². The fourth-order valence-electron chi connectivity index (χ4n) is 5.05. The van der Waals surface area contributed by atoms with Crippen molar-refractivity contribution in [2.75, 3.05) is 13.6 Å². The largest absolute Gasteiger partial charge is 0.386 e. The van der Waals surface area contributed by atoms with Crippen LogP contribution in [0.3, 0.4) is 0 Å². The van der Waals surface area contributed by atoms with Crippen LogP contribution in [-0.2, 0) is 6.54 Å². The van der Waals surface area contributed by atoms with E-state index in [1.165, 1.54) is 0 Å². The number of aromatic nitrogens is 1. The number of pyridine rings is 1. The highest BCUT2D eigenvalue weighted by molar-refractivity contribution is 5.27. The van der Waals surface area contributed by atoms with Crippen molar-refractivity contribution in [3.63, 3.8) is 0 Å². The van der Waals surface area contributed by atoms with Crippen LogP contribution in [0.2, 0.25) is 0 Å². The first-order valence-electron chi connectivity index (χ1n) is 7.15. The molecule has 1 saturated carbocycles. The van der Waals surface area contributed by atoms with Crippen molar-refractivity contribution >= 4 is 0 Å². The number of piperidine rings is 1. The number of rotatable bonds is 0. The van der Waals surface area contributed by atoms with Crippen LogP contribution in [-0.4, -0.2) is 39.8 Å². The Labute approximate surface area is 112 Å². The van der Waals surface area contributed by atoms with E-state index in [2.05, 4.69) is 24.9 Å². The number of likely N-dealkylation sites (N-methyl/N-ethyl adjacent to an activating group) is 1. The van der Waals surface area contributed by atoms with Gasteiger partial charge in [-0.15, -0.1) is 0 Å². The van der Waals surface area contributed by atoms with Crippen LogP contribution >= 0.6 is 0 Å². The Morgan fingerprint density at radius 3 is 3.00 bits per heavy atom. The molecule has 5 atom stereocenters. The lowest BCUT2D eigenvalue weighted by molar-refractivity contribution is -0.120. The summed E-state index contributed by atoms with van der Waals surface area (Å²) in [6.07, 6.45) is 1.04. The molecule has 2 fully saturated rings. The topological polar surface area (TPSA) is 45.5 Å². The standard InChI is InChI=1S/C15H20N2O2/c1-9-6-12-15(19)8-17-11(4-3-5-13(17)18)10(14(9)15)7-16(12)2/h3-5,9-10,12,14,19H,6-8H2,1-2H3/t9-,10?,12?,14?,15?/m1/s1. The molecule has 4 nitrogen and oxygen atoms in total. The maximum atomic E-state index is 12.1. The smallest absolute Gasteiger partial charge is 0.250 e. The summed E-state index contributed by atoms with van der Waals surface area (Å²) in [5, 5.41) is 11.2. The minimum Gasteiger partial charge on any atom is -0.386 e. The first-order valence-corrected chi connectivity index (χ1v) is 7.15. The maximum absolute atomic E-state index is 12.1. The van der Waals surface area contributed by atoms with Gasteiger partial charge in [-0.25, -0.2) is 0 Å². The number of likely N-dealkylation sites (tertiary alicyclic amines) is 1. The first kappa shape index (κ1) is 11.7. The second-order valence-electron chi connectivity index (χ2n) is 6.67. The lowest BCUT2D eigenvalue weighted by Crippen LogP contribution is -2.64. The minimum atomic E-state index is -0.727. The predicted octanol–water partition coefficient (Wildman–Crippen LogP) is 0.647. The van der Waals surface area contributed by atoms with Gasteiger partial charge in [0.15, 0.2) is 0 Å². The van der Waals surface area contributed by atoms with Gasteiger partial charge in [0, 0.05) is 36.2 Å². The van der Waals surface area contributed by atoms with Crippen LogP contribution in [0.4, 0.5) is 0 Å². The maximum Gasteiger partial charge on any atom is 0.250 e. The van der Waals surface area contributed by atoms with Gasteiger partial charge < -0.3 is 9.67 Å². The Kier molecular flexibility index (Phi) is 2.15. The molecule has 1 aliphatic carbocycles. The number of hydrogen-bond donors (Lipinski definition) is 1. The van der Waals surface area contributed by atoms with Gasteiger partial charge in [0.05, 0.1) is 6.54 Å². The zero-order chi connectivity index (χ0) is 13.4. The molecule has 0 radical (unpaired) electrons. The molecule has 4 heteroatoms. The lowest BCUT2D eigenvalue weighted by atomic mass is 9.69. The van der Waals surface area contributed by atoms with E-state index in [1.807, 2.05) is 6.07 Å². The van der Waals surface area contributed by atoms with Crippen LogP contribution in [0.1, 0.15) is 25.0 Å². The van der Waals surface area contributed by atoms with Crippen molar-refractivity contribution in [3.8, 4) is 0 Å². The highest BCUT2D eigenvalue weighted by atomic mass is 16.3. The Morgan fingerprint density at radius 2 is 2.21 bits per heavy atom. The van der Waals surface area contributed by atoms with Crippen LogP contribution in [0, 0.1) is 11.8 Å². The third kappa shape index (κ3) is 1.29. The Morgan fingerprint density at radius 1 is 1.42 bits per heavy atom. The molecule has 4 bridgehead atoms. The first-order chi connectivity index (χ1) is 9.02. The summed E-state index contributed by atoms with van der Waals surface area (Å²) in [6.45, 7) is 3.66. The molecule has 1 aromatic rings. The van der Waals surface area contributed by atoms with Gasteiger partial charge in [-0.2, -0.15) is 0 Å². The molecule has 0 amide bonds. The van der Waals surface area contributed by atoms with Crippen molar-refractivity contribution < 1.29 is 5.11 Å². The van der Waals surface area contributed by atoms with E-state index >= 15 is 0 Å². The van der Waals surface area contributed by atoms with Crippen molar-refractivity contribution in [3.05, 3.63) is 34.2 Å². The zero-order valence-corrected chi connectivity index (χ0v) is 11.4. The summed E-state index contributed by atoms with van der Waals surface area (Å²) in [5.41, 5.74) is 0.411. The lowest BCUT2D eigenvalue weighted by Gasteiger charge is -2.53. The molecule has 3 heterocycles. The zero-order valence-electron chi connectivity index (χ0n) is 11.4. The predicted molar refractivity (Wildman–Crippen MR) is 72.1 cm³/mol. The van der Waals surface area contributed by atoms with Crippen LogP contribution < -0.4 is 5.56 Å². The molecule has 2 aliphatic heterocycles. The Hall–Kier alpha value is -1.13. The fourth-order valence-corrected chi connectivity index (χ4v) is 5.05. The summed E-state index contributed by atoms with van der Waals surface area (Å²) < 4.78 is 1.80. The van der Waals surface area contributed by atoms with E-state index in [4.69, 9.17) is 0 Å². The van der Waals surface area contributed by atoms with Crippen molar-refractivity contribution in [2.24, 2.45) is 11.8 Å². The molecule has 4 rings (SSSR count). The number of aliphatic hydroxyl groups is 1. The van der Waals surface area contributed by atoms with Gasteiger partial charge in [-0.1, -0.05) is 13.0 Å². The third-order valence-corrected chi connectivity index (χ3v) is 5.69. The Bertz CT molecular complexity index is 596. The normalized spacial score (nSPS) is 44.2. The highest BCUT2D eigenvalue weighted by Gasteiger charge is 2.62. The summed E-state index contributed by atoms with van der Waals surface area (Å²) >= 11 is 0. The van der Waals surface area contributed by atoms with E-state index in [9.17, 15) is 9.90 Å². The van der Waals surface area contributed by atoms with Gasteiger partial charge in [0.1, 0.15) is 5.60 Å². The number of hydrogen-bond acceptors (Lipinski definition) is 3. The van der Waals surface area contributed by atoms with Crippen LogP contribution in [0.15, 0.2) is 23.0 Å². The summed E-state index contributed by atoms with van der Waals surface area (Å²) in [7, 11) is 2.10. The Balaban J connectivity index is 1.96. The molecule has 1 saturated heterocycles. The van der Waals surface area contributed by atoms with Gasteiger partial charge in [0.2, 0.25) is 0 Å². The molecule has 0 spiro atoms. The van der Waals surface area contributed by atoms with Gasteiger partial charge in [0.25, 0.3) is 5.56 Å². The second kappa shape index (κ2) is 3.49. The van der Waals surface area contributed by atoms with E-state index in [0.29, 0.717) is 18.4 Å². The van der Waals surface area contributed by atoms with Crippen molar-refractivity contribution in [1.82, 2.24) is 9.47 Å². The molecular weight excluding hydrogens is 240 g/mol. The molecule has 0 aromatic carbocycles. The summed E-state index contributed by atoms with van der Waals surface area (Å²) in [6, 6.07) is 5.71. The van der Waals surface area contributed by atoms with E-state index in [-0.39, 0.29) is 17.5 Å². The van der Waals surface area contributed by atoms with Gasteiger partial charge in [-0.05, 0) is 25.5 Å². The summed E-state index contributed by atoms with van der Waals surface area (Å²) in [4.78, 5) is 14.4. The molecule has 102 valence electrons. The SMILES string of the molecule is C[C@@H]1CC2N(C)CC3c4cccc(=O)n4CC2(O)C31. The molecule has 1 N–H and O–H groups in total. The monoisotopic (exact) mass is 260 g/mol. The molecule has 3 aliphatic rings. The van der Waals surface area contributed by atoms with E-state index < -0.39 is 5.60 Å². The third-order valence-electron chi connectivity index (χ3n) is 5.69. The van der Waals surface area contributed by atoms with Crippen LogP contribution in [0.25, 0.3) is 0 Å². The quantitative estimate of drug-likeness (QED) is 0.745. The van der Waals surface area contributed by atoms with Gasteiger partial charge in [-0.3, -0.25) is 9.69 Å². The average Bonchev–Trinajstić information content (AvgIpc) is 2.52. The van der Waals surface area contributed by atoms with Crippen molar-refractivity contribution in [1.29, 1.82) is 0 Å². The number of nitrogens with zero attached hydrogens (tertiary/aromatic N) is 2. The molecular formula is C15H20N2O2. The fraction of sp³-hybridized carbons (Fsp3) is 0.667. The minimum absolute atomic E-state index is 0.0252.